The van der Waals surface area contributed by atoms with Crippen molar-refractivity contribution in [2.75, 3.05) is 31.6 Å². The molecular weight excluding hydrogens is 352 g/mol. The highest BCUT2D eigenvalue weighted by atomic mass is 16.5. The third-order valence-electron chi connectivity index (χ3n) is 5.23. The number of nitrogens with zero attached hydrogens (tertiary/aromatic N) is 2. The molecule has 2 heterocycles. The second-order valence-corrected chi connectivity index (χ2v) is 7.02. The van der Waals surface area contributed by atoms with Crippen LogP contribution >= 0.6 is 0 Å². The van der Waals surface area contributed by atoms with Crippen LogP contribution in [-0.4, -0.2) is 43.6 Å². The van der Waals surface area contributed by atoms with Gasteiger partial charge in [-0.3, -0.25) is 4.79 Å². The van der Waals surface area contributed by atoms with E-state index in [9.17, 15) is 4.79 Å². The molecular formula is C23H24N2O3. The summed E-state index contributed by atoms with van der Waals surface area (Å²) in [5.74, 6) is 1.65. The molecule has 1 saturated heterocycles. The van der Waals surface area contributed by atoms with Crippen molar-refractivity contribution in [3.05, 3.63) is 72.0 Å². The number of methoxy groups -OCH3 is 1. The van der Waals surface area contributed by atoms with Gasteiger partial charge >= 0.3 is 0 Å². The van der Waals surface area contributed by atoms with Gasteiger partial charge in [0.05, 0.1) is 19.1 Å². The molecule has 5 nitrogen and oxygen atoms in total. The number of fused-ring (bicyclic) bond motifs is 1. The van der Waals surface area contributed by atoms with E-state index in [2.05, 4.69) is 17.9 Å². The number of hydrogen-bond donors (Lipinski definition) is 0. The molecule has 0 aliphatic carbocycles. The summed E-state index contributed by atoms with van der Waals surface area (Å²) in [6.07, 6.45) is 5.24. The largest absolute Gasteiger partial charge is 0.495 e. The van der Waals surface area contributed by atoms with E-state index in [0.29, 0.717) is 12.1 Å². The Morgan fingerprint density at radius 2 is 1.89 bits per heavy atom. The monoisotopic (exact) mass is 376 g/mol. The lowest BCUT2D eigenvalue weighted by Gasteiger charge is -2.41. The first kappa shape index (κ1) is 18.2. The predicted octanol–water partition coefficient (Wildman–Crippen LogP) is 3.72. The van der Waals surface area contributed by atoms with Crippen LogP contribution in [0, 0.1) is 0 Å². The van der Waals surface area contributed by atoms with E-state index in [1.165, 1.54) is 0 Å². The molecule has 0 aromatic heterocycles. The van der Waals surface area contributed by atoms with Crippen LogP contribution in [0.1, 0.15) is 12.5 Å². The van der Waals surface area contributed by atoms with Gasteiger partial charge in [0.2, 0.25) is 0 Å². The summed E-state index contributed by atoms with van der Waals surface area (Å²) in [4.78, 5) is 17.4. The van der Waals surface area contributed by atoms with Crippen LogP contribution < -0.4 is 14.4 Å². The topological polar surface area (TPSA) is 42.0 Å². The molecule has 2 aromatic rings. The number of para-hydroxylation sites is 3. The van der Waals surface area contributed by atoms with Crippen molar-refractivity contribution in [1.82, 2.24) is 4.90 Å². The number of carbonyl (C=O) groups excluding carboxylic acids is 1. The van der Waals surface area contributed by atoms with Crippen LogP contribution in [0.25, 0.3) is 6.08 Å². The smallest absolute Gasteiger partial charge is 0.254 e. The van der Waals surface area contributed by atoms with Gasteiger partial charge in [0.25, 0.3) is 5.91 Å². The molecule has 144 valence electrons. The first-order valence-electron chi connectivity index (χ1n) is 9.50. The van der Waals surface area contributed by atoms with Crippen LogP contribution in [-0.2, 0) is 4.79 Å². The van der Waals surface area contributed by atoms with Crippen molar-refractivity contribution in [3.63, 3.8) is 0 Å². The zero-order chi connectivity index (χ0) is 19.5. The van der Waals surface area contributed by atoms with E-state index in [1.807, 2.05) is 53.4 Å². The van der Waals surface area contributed by atoms with Gasteiger partial charge in [0.15, 0.2) is 0 Å². The molecule has 0 saturated carbocycles. The Morgan fingerprint density at radius 1 is 1.11 bits per heavy atom. The SMILES string of the molecule is COc1ccccc1N1CCN(C(=O)C2=Cc3ccccc3OC=C2)[C@@H](C)C1. The Hall–Kier alpha value is -3.21. The molecule has 1 amide bonds. The lowest BCUT2D eigenvalue weighted by molar-refractivity contribution is -0.129. The maximum absolute atomic E-state index is 13.2. The molecule has 4 rings (SSSR count). The molecule has 1 atom stereocenters. The van der Waals surface area contributed by atoms with Gasteiger partial charge in [-0.2, -0.15) is 0 Å². The lowest BCUT2D eigenvalue weighted by atomic mass is 10.1. The first-order chi connectivity index (χ1) is 13.7. The highest BCUT2D eigenvalue weighted by Gasteiger charge is 2.30. The Morgan fingerprint density at radius 3 is 2.71 bits per heavy atom. The van der Waals surface area contributed by atoms with Gasteiger partial charge in [-0.25, -0.2) is 0 Å². The molecule has 0 N–H and O–H groups in total. The Labute approximate surface area is 165 Å². The van der Waals surface area contributed by atoms with E-state index < -0.39 is 0 Å². The fraction of sp³-hybridized carbons (Fsp3) is 0.261. The van der Waals surface area contributed by atoms with Gasteiger partial charge in [0, 0.05) is 36.8 Å². The van der Waals surface area contributed by atoms with E-state index in [1.54, 1.807) is 19.4 Å². The first-order valence-corrected chi connectivity index (χ1v) is 9.50. The number of rotatable bonds is 3. The zero-order valence-electron chi connectivity index (χ0n) is 16.2. The van der Waals surface area contributed by atoms with Crippen LogP contribution in [0.4, 0.5) is 5.69 Å². The minimum atomic E-state index is 0.0312. The van der Waals surface area contributed by atoms with Crippen molar-refractivity contribution in [2.45, 2.75) is 13.0 Å². The van der Waals surface area contributed by atoms with Crippen LogP contribution in [0.5, 0.6) is 11.5 Å². The quantitative estimate of drug-likeness (QED) is 0.819. The normalized spacial score (nSPS) is 18.6. The molecule has 0 unspecified atom stereocenters. The number of amides is 1. The van der Waals surface area contributed by atoms with E-state index in [-0.39, 0.29) is 11.9 Å². The summed E-state index contributed by atoms with van der Waals surface area (Å²) < 4.78 is 11.1. The molecule has 2 aliphatic rings. The highest BCUT2D eigenvalue weighted by molar-refractivity contribution is 6.01. The maximum Gasteiger partial charge on any atom is 0.254 e. The summed E-state index contributed by atoms with van der Waals surface area (Å²) >= 11 is 0. The lowest BCUT2D eigenvalue weighted by Crippen LogP contribution is -2.54. The van der Waals surface area contributed by atoms with Gasteiger partial charge in [-0.1, -0.05) is 30.3 Å². The van der Waals surface area contributed by atoms with E-state index in [4.69, 9.17) is 9.47 Å². The van der Waals surface area contributed by atoms with Crippen molar-refractivity contribution >= 4 is 17.7 Å². The van der Waals surface area contributed by atoms with Crippen LogP contribution in [0.2, 0.25) is 0 Å². The minimum absolute atomic E-state index is 0.0312. The standard InChI is InChI=1S/C23H24N2O3/c1-17-16-24(20-8-4-6-10-22(20)27-2)12-13-25(17)23(26)19-11-14-28-21-9-5-3-7-18(21)15-19/h3-11,14-15,17H,12-13,16H2,1-2H3/t17-/m0/s1. The average molecular weight is 376 g/mol. The highest BCUT2D eigenvalue weighted by Crippen LogP contribution is 2.30. The Balaban J connectivity index is 1.52. The number of ether oxygens (including phenoxy) is 2. The molecule has 2 aliphatic heterocycles. The van der Waals surface area contributed by atoms with Crippen LogP contribution in [0.15, 0.2) is 66.4 Å². The Bertz CT molecular complexity index is 935. The fourth-order valence-corrected chi connectivity index (χ4v) is 3.77. The Kier molecular flexibility index (Phi) is 5.06. The fourth-order valence-electron chi connectivity index (χ4n) is 3.77. The van der Waals surface area contributed by atoms with Gasteiger partial charge in [-0.05, 0) is 37.3 Å². The maximum atomic E-state index is 13.2. The van der Waals surface area contributed by atoms with Crippen molar-refractivity contribution in [3.8, 4) is 11.5 Å². The summed E-state index contributed by atoms with van der Waals surface area (Å²) in [5, 5.41) is 0. The van der Waals surface area contributed by atoms with E-state index >= 15 is 0 Å². The summed E-state index contributed by atoms with van der Waals surface area (Å²) in [5.41, 5.74) is 2.62. The van der Waals surface area contributed by atoms with Crippen molar-refractivity contribution in [1.29, 1.82) is 0 Å². The molecule has 1 fully saturated rings. The molecule has 0 bridgehead atoms. The van der Waals surface area contributed by atoms with E-state index in [0.717, 1.165) is 35.8 Å². The summed E-state index contributed by atoms with van der Waals surface area (Å²) in [6.45, 7) is 4.27. The second-order valence-electron chi connectivity index (χ2n) is 7.02. The molecule has 0 radical (unpaired) electrons. The summed E-state index contributed by atoms with van der Waals surface area (Å²) in [7, 11) is 1.69. The second kappa shape index (κ2) is 7.80. The van der Waals surface area contributed by atoms with Gasteiger partial charge < -0.3 is 19.3 Å². The van der Waals surface area contributed by atoms with Gasteiger partial charge in [-0.15, -0.1) is 0 Å². The van der Waals surface area contributed by atoms with Gasteiger partial charge in [0.1, 0.15) is 11.5 Å². The number of anilines is 1. The minimum Gasteiger partial charge on any atom is -0.495 e. The predicted molar refractivity (Wildman–Crippen MR) is 111 cm³/mol. The third kappa shape index (κ3) is 3.48. The van der Waals surface area contributed by atoms with Crippen molar-refractivity contribution in [2.24, 2.45) is 0 Å². The van der Waals surface area contributed by atoms with Crippen LogP contribution in [0.3, 0.4) is 0 Å². The summed E-state index contributed by atoms with van der Waals surface area (Å²) in [6, 6.07) is 15.8. The van der Waals surface area contributed by atoms with Crippen molar-refractivity contribution < 1.29 is 14.3 Å². The number of hydrogen-bond acceptors (Lipinski definition) is 4. The average Bonchev–Trinajstić information content (AvgIpc) is 2.95. The molecule has 0 spiro atoms. The molecule has 2 aromatic carbocycles. The molecule has 5 heteroatoms. The number of benzene rings is 2. The number of piperazine rings is 1. The number of carbonyl (C=O) groups is 1. The molecule has 28 heavy (non-hydrogen) atoms. The third-order valence-corrected chi connectivity index (χ3v) is 5.23. The zero-order valence-corrected chi connectivity index (χ0v) is 16.2.